The van der Waals surface area contributed by atoms with Crippen LogP contribution in [0.3, 0.4) is 0 Å². The molecule has 1 aliphatic rings. The Balaban J connectivity index is 2.06. The van der Waals surface area contributed by atoms with Gasteiger partial charge in [0.25, 0.3) is 0 Å². The lowest BCUT2D eigenvalue weighted by Gasteiger charge is -2.30. The van der Waals surface area contributed by atoms with E-state index in [-0.39, 0.29) is 11.8 Å². The third-order valence-corrected chi connectivity index (χ3v) is 2.95. The number of amides is 1. The normalized spacial score (nSPS) is 17.4. The van der Waals surface area contributed by atoms with Crippen molar-refractivity contribution in [1.29, 1.82) is 0 Å². The van der Waals surface area contributed by atoms with E-state index < -0.39 is 6.04 Å². The quantitative estimate of drug-likeness (QED) is 0.740. The topological polar surface area (TPSA) is 77.0 Å². The highest BCUT2D eigenvalue weighted by molar-refractivity contribution is 5.81. The Labute approximate surface area is 94.4 Å². The first-order valence-electron chi connectivity index (χ1n) is 5.50. The molecular weight excluding hydrogens is 206 g/mol. The number of nitrogens with zero attached hydrogens (tertiary/aromatic N) is 4. The van der Waals surface area contributed by atoms with E-state index in [2.05, 4.69) is 10.2 Å². The maximum Gasteiger partial charge on any atom is 0.240 e. The SMILES string of the molecule is CC(C)[C@H](N)C(=O)N1CCn2cnnc2C1. The fourth-order valence-corrected chi connectivity index (χ4v) is 1.75. The Hall–Kier alpha value is -1.43. The molecule has 1 amide bonds. The molecule has 6 nitrogen and oxygen atoms in total. The van der Waals surface area contributed by atoms with Crippen molar-refractivity contribution in [3.8, 4) is 0 Å². The van der Waals surface area contributed by atoms with Gasteiger partial charge in [-0.2, -0.15) is 0 Å². The predicted molar refractivity (Wildman–Crippen MR) is 58.3 cm³/mol. The minimum Gasteiger partial charge on any atom is -0.332 e. The molecule has 0 bridgehead atoms. The van der Waals surface area contributed by atoms with Crippen molar-refractivity contribution in [1.82, 2.24) is 19.7 Å². The van der Waals surface area contributed by atoms with E-state index in [1.807, 2.05) is 18.4 Å². The molecule has 0 saturated carbocycles. The summed E-state index contributed by atoms with van der Waals surface area (Å²) in [7, 11) is 0. The smallest absolute Gasteiger partial charge is 0.240 e. The lowest BCUT2D eigenvalue weighted by Crippen LogP contribution is -2.49. The molecule has 88 valence electrons. The highest BCUT2D eigenvalue weighted by Crippen LogP contribution is 2.12. The molecule has 0 radical (unpaired) electrons. The van der Waals surface area contributed by atoms with Gasteiger partial charge in [0.15, 0.2) is 5.82 Å². The highest BCUT2D eigenvalue weighted by atomic mass is 16.2. The molecule has 0 spiro atoms. The van der Waals surface area contributed by atoms with Crippen molar-refractivity contribution in [3.05, 3.63) is 12.2 Å². The molecule has 6 heteroatoms. The molecule has 0 unspecified atom stereocenters. The molecule has 0 aromatic carbocycles. The zero-order chi connectivity index (χ0) is 11.7. The Morgan fingerprint density at radius 2 is 2.25 bits per heavy atom. The van der Waals surface area contributed by atoms with E-state index in [1.165, 1.54) is 0 Å². The molecule has 1 atom stereocenters. The monoisotopic (exact) mass is 223 g/mol. The number of fused-ring (bicyclic) bond motifs is 1. The number of rotatable bonds is 2. The molecule has 2 rings (SSSR count). The predicted octanol–water partition coefficient (Wildman–Crippen LogP) is -0.396. The van der Waals surface area contributed by atoms with Crippen LogP contribution in [0.25, 0.3) is 0 Å². The fraction of sp³-hybridized carbons (Fsp3) is 0.700. The first kappa shape index (κ1) is 11.1. The molecule has 0 fully saturated rings. The van der Waals surface area contributed by atoms with Crippen molar-refractivity contribution >= 4 is 5.91 Å². The van der Waals surface area contributed by atoms with Gasteiger partial charge >= 0.3 is 0 Å². The van der Waals surface area contributed by atoms with E-state index >= 15 is 0 Å². The minimum absolute atomic E-state index is 0.00394. The lowest BCUT2D eigenvalue weighted by atomic mass is 10.0. The summed E-state index contributed by atoms with van der Waals surface area (Å²) in [6.45, 7) is 5.85. The van der Waals surface area contributed by atoms with Crippen molar-refractivity contribution in [2.75, 3.05) is 6.54 Å². The van der Waals surface area contributed by atoms with E-state index in [4.69, 9.17) is 5.73 Å². The fourth-order valence-electron chi connectivity index (χ4n) is 1.75. The third-order valence-electron chi connectivity index (χ3n) is 2.95. The summed E-state index contributed by atoms with van der Waals surface area (Å²) in [6.07, 6.45) is 1.69. The van der Waals surface area contributed by atoms with E-state index in [0.29, 0.717) is 13.1 Å². The largest absolute Gasteiger partial charge is 0.332 e. The Kier molecular flexibility index (Phi) is 2.91. The van der Waals surface area contributed by atoms with Gasteiger partial charge in [0.1, 0.15) is 6.33 Å². The summed E-state index contributed by atoms with van der Waals surface area (Å²) >= 11 is 0. The maximum atomic E-state index is 12.0. The van der Waals surface area contributed by atoms with Crippen molar-refractivity contribution < 1.29 is 4.79 Å². The van der Waals surface area contributed by atoms with E-state index in [0.717, 1.165) is 12.4 Å². The van der Waals surface area contributed by atoms with Crippen LogP contribution in [0.15, 0.2) is 6.33 Å². The molecule has 0 aliphatic carbocycles. The van der Waals surface area contributed by atoms with Gasteiger partial charge in [0, 0.05) is 13.1 Å². The second kappa shape index (κ2) is 4.21. The van der Waals surface area contributed by atoms with Crippen LogP contribution in [-0.4, -0.2) is 38.2 Å². The highest BCUT2D eigenvalue weighted by Gasteiger charge is 2.27. The van der Waals surface area contributed by atoms with Gasteiger partial charge < -0.3 is 15.2 Å². The molecule has 1 aromatic rings. The number of hydrogen-bond acceptors (Lipinski definition) is 4. The van der Waals surface area contributed by atoms with Crippen molar-refractivity contribution in [2.45, 2.75) is 33.0 Å². The Morgan fingerprint density at radius 1 is 1.50 bits per heavy atom. The molecular formula is C10H17N5O. The van der Waals surface area contributed by atoms with Crippen LogP contribution in [0.5, 0.6) is 0 Å². The van der Waals surface area contributed by atoms with E-state index in [9.17, 15) is 4.79 Å². The summed E-state index contributed by atoms with van der Waals surface area (Å²) in [4.78, 5) is 13.8. The van der Waals surface area contributed by atoms with Gasteiger partial charge in [-0.25, -0.2) is 0 Å². The van der Waals surface area contributed by atoms with Gasteiger partial charge in [-0.1, -0.05) is 13.8 Å². The standard InChI is InChI=1S/C10H17N5O/c1-7(2)9(11)10(16)14-3-4-15-6-12-13-8(15)5-14/h6-7,9H,3-5,11H2,1-2H3/t9-/m0/s1. The average molecular weight is 223 g/mol. The molecule has 2 heterocycles. The molecule has 0 saturated heterocycles. The van der Waals surface area contributed by atoms with Gasteiger partial charge in [-0.3, -0.25) is 4.79 Å². The second-order valence-corrected chi connectivity index (χ2v) is 4.47. The van der Waals surface area contributed by atoms with Crippen LogP contribution in [0.4, 0.5) is 0 Å². The first-order chi connectivity index (χ1) is 7.59. The summed E-state index contributed by atoms with van der Waals surface area (Å²) < 4.78 is 1.96. The lowest BCUT2D eigenvalue weighted by molar-refractivity contribution is -0.135. The first-order valence-corrected chi connectivity index (χ1v) is 5.50. The number of carbonyl (C=O) groups excluding carboxylic acids is 1. The van der Waals surface area contributed by atoms with Gasteiger partial charge in [0.2, 0.25) is 5.91 Å². The minimum atomic E-state index is -0.422. The van der Waals surface area contributed by atoms with Crippen LogP contribution in [0.2, 0.25) is 0 Å². The summed E-state index contributed by atoms with van der Waals surface area (Å²) in [6, 6.07) is -0.422. The van der Waals surface area contributed by atoms with Crippen LogP contribution >= 0.6 is 0 Å². The Morgan fingerprint density at radius 3 is 2.94 bits per heavy atom. The summed E-state index contributed by atoms with van der Waals surface area (Å²) in [5.74, 6) is 0.993. The molecule has 2 N–H and O–H groups in total. The van der Waals surface area contributed by atoms with Gasteiger partial charge in [-0.15, -0.1) is 10.2 Å². The van der Waals surface area contributed by atoms with Crippen LogP contribution in [0, 0.1) is 5.92 Å². The Bertz CT molecular complexity index is 386. The summed E-state index contributed by atoms with van der Waals surface area (Å²) in [5.41, 5.74) is 5.85. The summed E-state index contributed by atoms with van der Waals surface area (Å²) in [5, 5.41) is 7.79. The van der Waals surface area contributed by atoms with Crippen molar-refractivity contribution in [2.24, 2.45) is 11.7 Å². The number of nitrogens with two attached hydrogens (primary N) is 1. The number of aromatic nitrogens is 3. The number of hydrogen-bond donors (Lipinski definition) is 1. The molecule has 1 aromatic heterocycles. The van der Waals surface area contributed by atoms with Crippen molar-refractivity contribution in [3.63, 3.8) is 0 Å². The maximum absolute atomic E-state index is 12.0. The molecule has 16 heavy (non-hydrogen) atoms. The van der Waals surface area contributed by atoms with E-state index in [1.54, 1.807) is 11.2 Å². The van der Waals surface area contributed by atoms with Crippen LogP contribution < -0.4 is 5.73 Å². The van der Waals surface area contributed by atoms with Gasteiger partial charge in [0.05, 0.1) is 12.6 Å². The zero-order valence-corrected chi connectivity index (χ0v) is 9.63. The molecule has 1 aliphatic heterocycles. The second-order valence-electron chi connectivity index (χ2n) is 4.47. The number of carbonyl (C=O) groups is 1. The average Bonchev–Trinajstić information content (AvgIpc) is 2.73. The van der Waals surface area contributed by atoms with Gasteiger partial charge in [-0.05, 0) is 5.92 Å². The van der Waals surface area contributed by atoms with Crippen LogP contribution in [-0.2, 0) is 17.9 Å². The third kappa shape index (κ3) is 1.92. The van der Waals surface area contributed by atoms with Crippen LogP contribution in [0.1, 0.15) is 19.7 Å². The zero-order valence-electron chi connectivity index (χ0n) is 9.63.